The Labute approximate surface area is 196 Å². The summed E-state index contributed by atoms with van der Waals surface area (Å²) in [6, 6.07) is 13.1. The fraction of sp³-hybridized carbons (Fsp3) is 0.458. The van der Waals surface area contributed by atoms with Crippen LogP contribution in [0.1, 0.15) is 21.5 Å². The van der Waals surface area contributed by atoms with Gasteiger partial charge in [0.25, 0.3) is 5.91 Å². The molecule has 2 aromatic rings. The molecule has 0 aliphatic carbocycles. The van der Waals surface area contributed by atoms with Crippen LogP contribution >= 0.6 is 0 Å². The van der Waals surface area contributed by atoms with Crippen LogP contribution in [-0.4, -0.2) is 83.1 Å². The van der Waals surface area contributed by atoms with Gasteiger partial charge in [-0.25, -0.2) is 8.42 Å². The van der Waals surface area contributed by atoms with E-state index in [1.807, 2.05) is 12.1 Å². The van der Waals surface area contributed by atoms with Crippen molar-refractivity contribution in [3.05, 3.63) is 59.2 Å². The summed E-state index contributed by atoms with van der Waals surface area (Å²) < 4.78 is 32.8. The molecule has 4 rings (SSSR count). The number of morpholine rings is 1. The number of sulfonamides is 1. The molecule has 1 N–H and O–H groups in total. The van der Waals surface area contributed by atoms with E-state index in [2.05, 4.69) is 34.3 Å². The first-order valence-corrected chi connectivity index (χ1v) is 12.8. The number of hydrogen-bond donors (Lipinski definition) is 1. The molecule has 0 aromatic heterocycles. The summed E-state index contributed by atoms with van der Waals surface area (Å²) in [7, 11) is -1.53. The summed E-state index contributed by atoms with van der Waals surface area (Å²) in [6.45, 7) is 7.65. The van der Waals surface area contributed by atoms with E-state index in [9.17, 15) is 13.2 Å². The molecule has 0 radical (unpaired) electrons. The van der Waals surface area contributed by atoms with E-state index in [-0.39, 0.29) is 10.8 Å². The monoisotopic (exact) mass is 472 g/mol. The largest absolute Gasteiger partial charge is 0.379 e. The smallest absolute Gasteiger partial charge is 0.251 e. The molecular formula is C24H32N4O4S. The second kappa shape index (κ2) is 10.2. The summed E-state index contributed by atoms with van der Waals surface area (Å²) in [4.78, 5) is 17.6. The van der Waals surface area contributed by atoms with Crippen molar-refractivity contribution < 1.29 is 17.9 Å². The van der Waals surface area contributed by atoms with E-state index < -0.39 is 10.0 Å². The minimum Gasteiger partial charge on any atom is -0.379 e. The molecule has 0 spiro atoms. The highest BCUT2D eigenvalue weighted by molar-refractivity contribution is 7.89. The van der Waals surface area contributed by atoms with Gasteiger partial charge in [0, 0.05) is 57.1 Å². The number of carbonyl (C=O) groups excluding carboxylic acids is 1. The molecule has 2 aliphatic heterocycles. The summed E-state index contributed by atoms with van der Waals surface area (Å²) in [6.07, 6.45) is 0. The first-order chi connectivity index (χ1) is 15.8. The van der Waals surface area contributed by atoms with Crippen LogP contribution in [-0.2, 0) is 21.3 Å². The highest BCUT2D eigenvalue weighted by Gasteiger charge is 2.28. The van der Waals surface area contributed by atoms with Crippen molar-refractivity contribution in [3.63, 3.8) is 0 Å². The van der Waals surface area contributed by atoms with Crippen molar-refractivity contribution >= 4 is 21.6 Å². The first kappa shape index (κ1) is 23.7. The number of piperazine rings is 1. The molecule has 0 unspecified atom stereocenters. The number of amides is 1. The van der Waals surface area contributed by atoms with Crippen molar-refractivity contribution in [2.24, 2.45) is 0 Å². The van der Waals surface area contributed by atoms with Gasteiger partial charge in [-0.3, -0.25) is 4.79 Å². The Balaban J connectivity index is 1.40. The highest BCUT2D eigenvalue weighted by atomic mass is 32.2. The molecule has 178 valence electrons. The molecule has 8 nitrogen and oxygen atoms in total. The van der Waals surface area contributed by atoms with Crippen LogP contribution in [0.4, 0.5) is 5.69 Å². The predicted octanol–water partition coefficient (Wildman–Crippen LogP) is 1.70. The molecule has 2 heterocycles. The van der Waals surface area contributed by atoms with E-state index in [1.54, 1.807) is 19.1 Å². The number of aryl methyl sites for hydroxylation is 1. The third-order valence-corrected chi connectivity index (χ3v) is 8.34. The zero-order valence-corrected chi connectivity index (χ0v) is 20.1. The fourth-order valence-electron chi connectivity index (χ4n) is 4.12. The lowest BCUT2D eigenvalue weighted by atomic mass is 10.1. The Morgan fingerprint density at radius 1 is 0.970 bits per heavy atom. The molecule has 2 saturated heterocycles. The van der Waals surface area contributed by atoms with E-state index >= 15 is 0 Å². The van der Waals surface area contributed by atoms with Crippen molar-refractivity contribution in [2.75, 3.05) is 64.4 Å². The lowest BCUT2D eigenvalue weighted by Crippen LogP contribution is -2.44. The lowest BCUT2D eigenvalue weighted by Gasteiger charge is -2.34. The van der Waals surface area contributed by atoms with Crippen LogP contribution in [0.5, 0.6) is 0 Å². The van der Waals surface area contributed by atoms with Gasteiger partial charge in [-0.1, -0.05) is 18.2 Å². The third-order valence-electron chi connectivity index (χ3n) is 6.30. The minimum atomic E-state index is -3.67. The minimum absolute atomic E-state index is 0.175. The number of carbonyl (C=O) groups is 1. The number of nitrogens with zero attached hydrogens (tertiary/aromatic N) is 3. The maximum absolute atomic E-state index is 13.1. The van der Waals surface area contributed by atoms with E-state index in [0.29, 0.717) is 44.0 Å². The van der Waals surface area contributed by atoms with Crippen LogP contribution in [0, 0.1) is 6.92 Å². The quantitative estimate of drug-likeness (QED) is 0.689. The van der Waals surface area contributed by atoms with Crippen LogP contribution < -0.4 is 10.2 Å². The topological polar surface area (TPSA) is 82.2 Å². The van der Waals surface area contributed by atoms with Crippen molar-refractivity contribution in [3.8, 4) is 0 Å². The van der Waals surface area contributed by atoms with Gasteiger partial charge in [0.2, 0.25) is 10.0 Å². The number of hydrogen-bond acceptors (Lipinski definition) is 6. The van der Waals surface area contributed by atoms with Crippen molar-refractivity contribution in [2.45, 2.75) is 18.4 Å². The van der Waals surface area contributed by atoms with E-state index in [0.717, 1.165) is 31.7 Å². The normalized spacial score (nSPS) is 18.3. The number of rotatable bonds is 6. The molecule has 0 atom stereocenters. The maximum Gasteiger partial charge on any atom is 0.251 e. The van der Waals surface area contributed by atoms with Crippen LogP contribution in [0.3, 0.4) is 0 Å². The zero-order chi connectivity index (χ0) is 23.4. The lowest BCUT2D eigenvalue weighted by molar-refractivity contribution is 0.0730. The Kier molecular flexibility index (Phi) is 7.33. The Hall–Kier alpha value is -2.46. The van der Waals surface area contributed by atoms with Crippen LogP contribution in [0.15, 0.2) is 47.4 Å². The van der Waals surface area contributed by atoms with Crippen molar-refractivity contribution in [1.29, 1.82) is 0 Å². The second-order valence-electron chi connectivity index (χ2n) is 8.64. The van der Waals surface area contributed by atoms with Crippen LogP contribution in [0.2, 0.25) is 0 Å². The average molecular weight is 473 g/mol. The molecule has 0 bridgehead atoms. The van der Waals surface area contributed by atoms with Crippen molar-refractivity contribution in [1.82, 2.24) is 14.5 Å². The van der Waals surface area contributed by atoms with Gasteiger partial charge in [-0.05, 0) is 49.4 Å². The van der Waals surface area contributed by atoms with Gasteiger partial charge in [-0.2, -0.15) is 4.31 Å². The number of benzene rings is 2. The highest BCUT2D eigenvalue weighted by Crippen LogP contribution is 2.23. The number of anilines is 1. The Morgan fingerprint density at radius 3 is 2.30 bits per heavy atom. The summed E-state index contributed by atoms with van der Waals surface area (Å²) in [5.41, 5.74) is 3.14. The first-order valence-electron chi connectivity index (χ1n) is 11.3. The summed E-state index contributed by atoms with van der Waals surface area (Å²) in [5, 5.41) is 2.91. The Bertz CT molecular complexity index is 1070. The standard InChI is InChI=1S/C24H32N4O4S/c1-19-3-6-21(17-23(19)33(30,31)28-13-15-32-16-14-28)24(29)25-18-20-4-7-22(8-5-20)27-11-9-26(2)10-12-27/h3-8,17H,9-16,18H2,1-2H3,(H,25,29). The Morgan fingerprint density at radius 2 is 1.64 bits per heavy atom. The number of likely N-dealkylation sites (N-methyl/N-ethyl adjacent to an activating group) is 1. The molecule has 33 heavy (non-hydrogen) atoms. The molecule has 1 amide bonds. The number of ether oxygens (including phenoxy) is 1. The van der Waals surface area contributed by atoms with Gasteiger partial charge >= 0.3 is 0 Å². The van der Waals surface area contributed by atoms with Gasteiger partial charge in [0.05, 0.1) is 18.1 Å². The average Bonchev–Trinajstić information content (AvgIpc) is 2.84. The third kappa shape index (κ3) is 5.55. The van der Waals surface area contributed by atoms with Gasteiger partial charge in [0.15, 0.2) is 0 Å². The molecule has 2 fully saturated rings. The molecule has 9 heteroatoms. The molecular weight excluding hydrogens is 440 g/mol. The summed E-state index contributed by atoms with van der Waals surface area (Å²) >= 11 is 0. The SMILES string of the molecule is Cc1ccc(C(=O)NCc2ccc(N3CCN(C)CC3)cc2)cc1S(=O)(=O)N1CCOCC1. The van der Waals surface area contributed by atoms with Gasteiger partial charge in [0.1, 0.15) is 0 Å². The van der Waals surface area contributed by atoms with Gasteiger partial charge in [-0.15, -0.1) is 0 Å². The van der Waals surface area contributed by atoms with E-state index in [4.69, 9.17) is 4.74 Å². The molecule has 2 aliphatic rings. The molecule has 2 aromatic carbocycles. The van der Waals surface area contributed by atoms with Gasteiger partial charge < -0.3 is 19.9 Å². The second-order valence-corrected chi connectivity index (χ2v) is 10.5. The molecule has 0 saturated carbocycles. The van der Waals surface area contributed by atoms with Crippen LogP contribution in [0.25, 0.3) is 0 Å². The van der Waals surface area contributed by atoms with E-state index in [1.165, 1.54) is 16.1 Å². The fourth-order valence-corrected chi connectivity index (χ4v) is 5.78. The predicted molar refractivity (Wildman–Crippen MR) is 128 cm³/mol. The number of nitrogens with one attached hydrogen (secondary N) is 1. The summed E-state index contributed by atoms with van der Waals surface area (Å²) in [5.74, 6) is -0.295. The zero-order valence-electron chi connectivity index (χ0n) is 19.3. The maximum atomic E-state index is 13.1.